The van der Waals surface area contributed by atoms with Crippen molar-refractivity contribution in [3.05, 3.63) is 69.9 Å². The molecule has 3 heterocycles. The fraction of sp³-hybridized carbons (Fsp3) is 0.348. The average Bonchev–Trinajstić information content (AvgIpc) is 3.37. The van der Waals surface area contributed by atoms with Crippen LogP contribution in [-0.2, 0) is 0 Å². The number of nitrogens with one attached hydrogen (secondary N) is 2. The third kappa shape index (κ3) is 3.70. The molecule has 0 radical (unpaired) electrons. The number of para-hydroxylation sites is 1. The minimum Gasteiger partial charge on any atom is -0.348 e. The average molecular weight is 432 g/mol. The van der Waals surface area contributed by atoms with Crippen LogP contribution in [0.3, 0.4) is 0 Å². The molecular weight excluding hydrogens is 406 g/mol. The zero-order valence-electron chi connectivity index (χ0n) is 18.1. The van der Waals surface area contributed by atoms with Gasteiger partial charge in [-0.3, -0.25) is 14.7 Å². The van der Waals surface area contributed by atoms with Crippen LogP contribution in [0.25, 0.3) is 16.7 Å². The van der Waals surface area contributed by atoms with Gasteiger partial charge in [0.25, 0.3) is 11.5 Å². The summed E-state index contributed by atoms with van der Waals surface area (Å²) in [5.74, 6) is 0.462. The third-order valence-electron chi connectivity index (χ3n) is 6.10. The molecule has 0 atom stereocenters. The monoisotopic (exact) mass is 431 g/mol. The van der Waals surface area contributed by atoms with Crippen LogP contribution in [0.2, 0.25) is 0 Å². The van der Waals surface area contributed by atoms with Crippen LogP contribution in [0.5, 0.6) is 0 Å². The van der Waals surface area contributed by atoms with Gasteiger partial charge < -0.3 is 5.32 Å². The molecule has 1 amide bonds. The Kier molecular flexibility index (Phi) is 5.08. The second-order valence-corrected chi connectivity index (χ2v) is 8.41. The van der Waals surface area contributed by atoms with Crippen molar-refractivity contribution < 1.29 is 4.79 Å². The van der Waals surface area contributed by atoms with Crippen molar-refractivity contribution in [2.75, 3.05) is 0 Å². The first kappa shape index (κ1) is 20.2. The van der Waals surface area contributed by atoms with E-state index >= 15 is 0 Å². The lowest BCUT2D eigenvalue weighted by Crippen LogP contribution is -2.40. The molecule has 9 heteroatoms. The maximum atomic E-state index is 12.8. The molecule has 1 aliphatic rings. The van der Waals surface area contributed by atoms with E-state index in [1.807, 2.05) is 44.2 Å². The van der Waals surface area contributed by atoms with Gasteiger partial charge in [0.1, 0.15) is 0 Å². The Labute approximate surface area is 184 Å². The topological polar surface area (TPSA) is 110 Å². The molecule has 2 N–H and O–H groups in total. The maximum Gasteiger partial charge on any atom is 0.272 e. The molecule has 0 spiro atoms. The number of aromatic nitrogens is 6. The minimum atomic E-state index is -0.173. The summed E-state index contributed by atoms with van der Waals surface area (Å²) in [6, 6.07) is 12.9. The minimum absolute atomic E-state index is 0.00113. The number of carbonyl (C=O) groups excluding carboxylic acids is 1. The summed E-state index contributed by atoms with van der Waals surface area (Å²) in [5, 5.41) is 20.1. The van der Waals surface area contributed by atoms with E-state index in [2.05, 4.69) is 25.7 Å². The SMILES string of the molecule is Cc1cc(C)n(-c2ccc(=O)n(C3CCC(NC(=O)c4n[nH]c5ccccc45)CC3)n2)n1. The number of hydrogen-bond acceptors (Lipinski definition) is 5. The lowest BCUT2D eigenvalue weighted by Gasteiger charge is -2.29. The normalized spacial score (nSPS) is 18.7. The highest BCUT2D eigenvalue weighted by Gasteiger charge is 2.26. The quantitative estimate of drug-likeness (QED) is 0.516. The number of aryl methyl sites for hydroxylation is 2. The second-order valence-electron chi connectivity index (χ2n) is 8.41. The summed E-state index contributed by atoms with van der Waals surface area (Å²) in [6.07, 6.45) is 3.08. The lowest BCUT2D eigenvalue weighted by atomic mass is 9.91. The molecule has 5 rings (SSSR count). The summed E-state index contributed by atoms with van der Waals surface area (Å²) in [7, 11) is 0. The number of amides is 1. The predicted molar refractivity (Wildman–Crippen MR) is 120 cm³/mol. The molecule has 9 nitrogen and oxygen atoms in total. The Balaban J connectivity index is 1.28. The Morgan fingerprint density at radius 1 is 1.06 bits per heavy atom. The van der Waals surface area contributed by atoms with Crippen molar-refractivity contribution in [1.29, 1.82) is 0 Å². The van der Waals surface area contributed by atoms with E-state index in [0.717, 1.165) is 48.0 Å². The zero-order valence-corrected chi connectivity index (χ0v) is 18.1. The van der Waals surface area contributed by atoms with E-state index in [0.29, 0.717) is 11.5 Å². The largest absolute Gasteiger partial charge is 0.348 e. The first-order valence-corrected chi connectivity index (χ1v) is 10.9. The highest BCUT2D eigenvalue weighted by Crippen LogP contribution is 2.27. The van der Waals surface area contributed by atoms with Gasteiger partial charge in [-0.05, 0) is 57.7 Å². The van der Waals surface area contributed by atoms with Gasteiger partial charge in [0.05, 0.1) is 17.3 Å². The number of nitrogens with zero attached hydrogens (tertiary/aromatic N) is 5. The molecule has 1 aliphatic carbocycles. The van der Waals surface area contributed by atoms with E-state index in [1.165, 1.54) is 0 Å². The van der Waals surface area contributed by atoms with Crippen LogP contribution in [0, 0.1) is 13.8 Å². The van der Waals surface area contributed by atoms with Crippen LogP contribution in [0.15, 0.2) is 47.3 Å². The molecule has 0 aliphatic heterocycles. The molecule has 1 fully saturated rings. The molecule has 1 aromatic carbocycles. The fourth-order valence-corrected chi connectivity index (χ4v) is 4.51. The van der Waals surface area contributed by atoms with Crippen LogP contribution in [0.1, 0.15) is 53.6 Å². The Morgan fingerprint density at radius 2 is 1.84 bits per heavy atom. The number of H-pyrrole nitrogens is 1. The lowest BCUT2D eigenvalue weighted by molar-refractivity contribution is 0.0918. The van der Waals surface area contributed by atoms with E-state index in [1.54, 1.807) is 21.5 Å². The summed E-state index contributed by atoms with van der Waals surface area (Å²) < 4.78 is 3.33. The Bertz CT molecular complexity index is 1340. The van der Waals surface area contributed by atoms with Gasteiger partial charge in [-0.25, -0.2) is 9.36 Å². The standard InChI is InChI=1S/C23H25N7O2/c1-14-13-15(2)29(27-14)20-11-12-21(31)30(28-20)17-9-7-16(8-10-17)24-23(32)22-18-5-3-4-6-19(18)25-26-22/h3-6,11-13,16-17H,7-10H2,1-2H3,(H,24,32)(H,25,26). The number of rotatable bonds is 4. The number of hydrogen-bond donors (Lipinski definition) is 2. The van der Waals surface area contributed by atoms with Crippen LogP contribution >= 0.6 is 0 Å². The second kappa shape index (κ2) is 8.07. The van der Waals surface area contributed by atoms with Crippen molar-refractivity contribution in [1.82, 2.24) is 35.1 Å². The number of fused-ring (bicyclic) bond motifs is 1. The smallest absolute Gasteiger partial charge is 0.272 e. The number of carbonyl (C=O) groups is 1. The molecular formula is C23H25N7O2. The summed E-state index contributed by atoms with van der Waals surface area (Å²) in [4.78, 5) is 25.3. The first-order valence-electron chi connectivity index (χ1n) is 10.9. The molecule has 0 bridgehead atoms. The van der Waals surface area contributed by atoms with Gasteiger partial charge >= 0.3 is 0 Å². The van der Waals surface area contributed by atoms with E-state index < -0.39 is 0 Å². The van der Waals surface area contributed by atoms with Crippen molar-refractivity contribution in [2.24, 2.45) is 0 Å². The molecule has 164 valence electrons. The van der Waals surface area contributed by atoms with E-state index in [-0.39, 0.29) is 23.6 Å². The number of benzene rings is 1. The van der Waals surface area contributed by atoms with Gasteiger partial charge in [-0.2, -0.15) is 10.2 Å². The maximum absolute atomic E-state index is 12.8. The molecule has 0 unspecified atom stereocenters. The molecule has 3 aromatic heterocycles. The van der Waals surface area contributed by atoms with Crippen molar-refractivity contribution >= 4 is 16.8 Å². The highest BCUT2D eigenvalue weighted by atomic mass is 16.2. The van der Waals surface area contributed by atoms with Crippen LogP contribution in [0.4, 0.5) is 0 Å². The van der Waals surface area contributed by atoms with Crippen LogP contribution in [-0.4, -0.2) is 41.7 Å². The third-order valence-corrected chi connectivity index (χ3v) is 6.10. The molecule has 1 saturated carbocycles. The van der Waals surface area contributed by atoms with Gasteiger partial charge in [-0.15, -0.1) is 5.10 Å². The molecule has 0 saturated heterocycles. The van der Waals surface area contributed by atoms with E-state index in [9.17, 15) is 9.59 Å². The Morgan fingerprint density at radius 3 is 2.59 bits per heavy atom. The summed E-state index contributed by atoms with van der Waals surface area (Å²) in [6.45, 7) is 3.90. The highest BCUT2D eigenvalue weighted by molar-refractivity contribution is 6.04. The fourth-order valence-electron chi connectivity index (χ4n) is 4.51. The zero-order chi connectivity index (χ0) is 22.2. The van der Waals surface area contributed by atoms with Gasteiger partial charge in [0, 0.05) is 23.2 Å². The summed E-state index contributed by atoms with van der Waals surface area (Å²) >= 11 is 0. The van der Waals surface area contributed by atoms with Crippen molar-refractivity contribution in [3.8, 4) is 5.82 Å². The Hall–Kier alpha value is -3.75. The predicted octanol–water partition coefficient (Wildman–Crippen LogP) is 2.84. The first-order chi connectivity index (χ1) is 15.5. The van der Waals surface area contributed by atoms with E-state index in [4.69, 9.17) is 0 Å². The molecule has 32 heavy (non-hydrogen) atoms. The van der Waals surface area contributed by atoms with Gasteiger partial charge in [0.2, 0.25) is 0 Å². The summed E-state index contributed by atoms with van der Waals surface area (Å²) in [5.41, 5.74) is 3.01. The van der Waals surface area contributed by atoms with Gasteiger partial charge in [0.15, 0.2) is 11.5 Å². The van der Waals surface area contributed by atoms with Crippen molar-refractivity contribution in [2.45, 2.75) is 51.6 Å². The number of aromatic amines is 1. The molecule has 4 aromatic rings. The van der Waals surface area contributed by atoms with Gasteiger partial charge in [-0.1, -0.05) is 18.2 Å². The van der Waals surface area contributed by atoms with Crippen molar-refractivity contribution in [3.63, 3.8) is 0 Å². The van der Waals surface area contributed by atoms with Crippen LogP contribution < -0.4 is 10.9 Å².